The number of halogens is 2. The maximum Gasteiger partial charge on any atom is 0.129 e. The van der Waals surface area contributed by atoms with E-state index < -0.39 is 11.6 Å². The summed E-state index contributed by atoms with van der Waals surface area (Å²) in [5.74, 6) is -0.947. The molecule has 0 heterocycles. The van der Waals surface area contributed by atoms with Crippen LogP contribution >= 0.6 is 0 Å². The van der Waals surface area contributed by atoms with Gasteiger partial charge in [0.2, 0.25) is 0 Å². The lowest BCUT2D eigenvalue weighted by Crippen LogP contribution is -2.28. The van der Waals surface area contributed by atoms with Gasteiger partial charge in [0, 0.05) is 12.1 Å². The number of nitrogens with two attached hydrogens (primary N) is 1. The van der Waals surface area contributed by atoms with E-state index in [4.69, 9.17) is 5.73 Å². The van der Waals surface area contributed by atoms with Crippen LogP contribution in [0.1, 0.15) is 17.5 Å². The minimum Gasteiger partial charge on any atom is -0.327 e. The molecule has 0 aromatic heterocycles. The number of fused-ring (bicyclic) bond motifs is 1. The summed E-state index contributed by atoms with van der Waals surface area (Å²) in [6.07, 6.45) is 2.03. The van der Waals surface area contributed by atoms with Crippen molar-refractivity contribution in [2.45, 2.75) is 25.3 Å². The molecule has 70 valence electrons. The first-order valence-electron chi connectivity index (χ1n) is 4.39. The quantitative estimate of drug-likeness (QED) is 0.652. The Balaban J connectivity index is 2.47. The predicted molar refractivity (Wildman–Crippen MR) is 46.4 cm³/mol. The predicted octanol–water partition coefficient (Wildman–Crippen LogP) is 1.78. The van der Waals surface area contributed by atoms with Gasteiger partial charge in [-0.1, -0.05) is 0 Å². The average Bonchev–Trinajstić information content (AvgIpc) is 2.06. The molecule has 0 amide bonds. The van der Waals surface area contributed by atoms with E-state index in [1.54, 1.807) is 0 Å². The minimum atomic E-state index is -0.494. The zero-order valence-corrected chi connectivity index (χ0v) is 7.19. The summed E-state index contributed by atoms with van der Waals surface area (Å²) in [6, 6.07) is 2.36. The summed E-state index contributed by atoms with van der Waals surface area (Å²) in [5, 5.41) is 0. The van der Waals surface area contributed by atoms with E-state index in [9.17, 15) is 8.78 Å². The molecule has 0 saturated heterocycles. The summed E-state index contributed by atoms with van der Waals surface area (Å²) in [6.45, 7) is 0. The fourth-order valence-electron chi connectivity index (χ4n) is 1.81. The maximum absolute atomic E-state index is 13.2. The third-order valence-corrected chi connectivity index (χ3v) is 2.50. The van der Waals surface area contributed by atoms with Crippen molar-refractivity contribution < 1.29 is 8.78 Å². The third kappa shape index (κ3) is 1.56. The van der Waals surface area contributed by atoms with Crippen LogP contribution in [-0.4, -0.2) is 6.04 Å². The van der Waals surface area contributed by atoms with Gasteiger partial charge in [-0.25, -0.2) is 8.78 Å². The minimum absolute atomic E-state index is 0.0208. The Bertz CT molecular complexity index is 336. The Morgan fingerprint density at radius 3 is 2.85 bits per heavy atom. The summed E-state index contributed by atoms with van der Waals surface area (Å²) < 4.78 is 26.0. The van der Waals surface area contributed by atoms with E-state index in [1.807, 2.05) is 0 Å². The first-order chi connectivity index (χ1) is 6.16. The van der Waals surface area contributed by atoms with Crippen LogP contribution in [0.3, 0.4) is 0 Å². The molecule has 2 rings (SSSR count). The summed E-state index contributed by atoms with van der Waals surface area (Å²) in [5.41, 5.74) is 7.07. The van der Waals surface area contributed by atoms with Gasteiger partial charge in [-0.2, -0.15) is 0 Å². The van der Waals surface area contributed by atoms with E-state index in [-0.39, 0.29) is 6.04 Å². The van der Waals surface area contributed by atoms with Gasteiger partial charge in [-0.05, 0) is 36.5 Å². The molecule has 0 bridgehead atoms. The van der Waals surface area contributed by atoms with Gasteiger partial charge < -0.3 is 5.73 Å². The van der Waals surface area contributed by atoms with Crippen LogP contribution in [0.25, 0.3) is 0 Å². The fourth-order valence-corrected chi connectivity index (χ4v) is 1.81. The lowest BCUT2D eigenvalue weighted by Gasteiger charge is -2.21. The van der Waals surface area contributed by atoms with E-state index in [0.29, 0.717) is 18.4 Å². The summed E-state index contributed by atoms with van der Waals surface area (Å²) >= 11 is 0. The second kappa shape index (κ2) is 3.07. The van der Waals surface area contributed by atoms with Gasteiger partial charge in [0.05, 0.1) is 0 Å². The van der Waals surface area contributed by atoms with Crippen LogP contribution in [0.4, 0.5) is 8.78 Å². The lowest BCUT2D eigenvalue weighted by atomic mass is 9.88. The summed E-state index contributed by atoms with van der Waals surface area (Å²) in [4.78, 5) is 0. The van der Waals surface area contributed by atoms with Crippen LogP contribution in [0.15, 0.2) is 12.1 Å². The molecular formula is C10H11F2N. The van der Waals surface area contributed by atoms with Crippen LogP contribution < -0.4 is 5.73 Å². The van der Waals surface area contributed by atoms with Crippen molar-refractivity contribution in [1.29, 1.82) is 0 Å². The highest BCUT2D eigenvalue weighted by Crippen LogP contribution is 2.24. The Kier molecular flexibility index (Phi) is 2.04. The van der Waals surface area contributed by atoms with Crippen molar-refractivity contribution >= 4 is 0 Å². The molecule has 1 nitrogen and oxygen atoms in total. The molecule has 0 radical (unpaired) electrons. The first kappa shape index (κ1) is 8.63. The van der Waals surface area contributed by atoms with Gasteiger partial charge in [-0.3, -0.25) is 0 Å². The van der Waals surface area contributed by atoms with E-state index >= 15 is 0 Å². The standard InChI is InChI=1S/C10H11F2N/c11-7-3-6-1-2-8(13)5-9(6)10(12)4-7/h3-4,8H,1-2,5,13H2/t8-/m0/s1. The largest absolute Gasteiger partial charge is 0.327 e. The lowest BCUT2D eigenvalue weighted by molar-refractivity contribution is 0.518. The van der Waals surface area contributed by atoms with Crippen LogP contribution in [0.5, 0.6) is 0 Å². The number of hydrogen-bond donors (Lipinski definition) is 1. The Morgan fingerprint density at radius 1 is 1.31 bits per heavy atom. The SMILES string of the molecule is N[C@H]1CCc2cc(F)cc(F)c2C1. The number of benzene rings is 1. The monoisotopic (exact) mass is 183 g/mol. The molecule has 13 heavy (non-hydrogen) atoms. The molecule has 1 atom stereocenters. The zero-order chi connectivity index (χ0) is 9.42. The van der Waals surface area contributed by atoms with Gasteiger partial charge in [0.15, 0.2) is 0 Å². The van der Waals surface area contributed by atoms with E-state index in [2.05, 4.69) is 0 Å². The zero-order valence-electron chi connectivity index (χ0n) is 7.19. The Morgan fingerprint density at radius 2 is 2.08 bits per heavy atom. The second-order valence-corrected chi connectivity index (χ2v) is 3.53. The first-order valence-corrected chi connectivity index (χ1v) is 4.39. The van der Waals surface area contributed by atoms with Crippen LogP contribution in [0.2, 0.25) is 0 Å². The highest BCUT2D eigenvalue weighted by atomic mass is 19.1. The molecule has 1 aliphatic rings. The number of aryl methyl sites for hydroxylation is 1. The molecule has 0 fully saturated rings. The summed E-state index contributed by atoms with van der Waals surface area (Å²) in [7, 11) is 0. The molecule has 3 heteroatoms. The highest BCUT2D eigenvalue weighted by molar-refractivity contribution is 5.32. The molecule has 0 spiro atoms. The van der Waals surface area contributed by atoms with Crippen molar-refractivity contribution in [3.63, 3.8) is 0 Å². The van der Waals surface area contributed by atoms with Crippen molar-refractivity contribution in [1.82, 2.24) is 0 Å². The molecule has 0 aliphatic heterocycles. The van der Waals surface area contributed by atoms with Gasteiger partial charge in [-0.15, -0.1) is 0 Å². The number of hydrogen-bond acceptors (Lipinski definition) is 1. The van der Waals surface area contributed by atoms with Crippen molar-refractivity contribution in [3.8, 4) is 0 Å². The van der Waals surface area contributed by atoms with Crippen molar-refractivity contribution in [2.75, 3.05) is 0 Å². The van der Waals surface area contributed by atoms with E-state index in [0.717, 1.165) is 18.1 Å². The normalized spacial score (nSPS) is 21.3. The topological polar surface area (TPSA) is 26.0 Å². The Hall–Kier alpha value is -0.960. The number of rotatable bonds is 0. The highest BCUT2D eigenvalue weighted by Gasteiger charge is 2.19. The van der Waals surface area contributed by atoms with Crippen LogP contribution in [-0.2, 0) is 12.8 Å². The second-order valence-electron chi connectivity index (χ2n) is 3.53. The van der Waals surface area contributed by atoms with Gasteiger partial charge in [0.25, 0.3) is 0 Å². The van der Waals surface area contributed by atoms with Crippen molar-refractivity contribution in [3.05, 3.63) is 34.9 Å². The Labute approximate surface area is 75.6 Å². The molecule has 1 aliphatic carbocycles. The van der Waals surface area contributed by atoms with Gasteiger partial charge in [0.1, 0.15) is 11.6 Å². The van der Waals surface area contributed by atoms with Crippen molar-refractivity contribution in [2.24, 2.45) is 5.73 Å². The van der Waals surface area contributed by atoms with E-state index in [1.165, 1.54) is 6.07 Å². The smallest absolute Gasteiger partial charge is 0.129 e. The molecule has 0 saturated carbocycles. The fraction of sp³-hybridized carbons (Fsp3) is 0.400. The molecule has 2 N–H and O–H groups in total. The molecule has 0 unspecified atom stereocenters. The average molecular weight is 183 g/mol. The maximum atomic E-state index is 13.2. The molecule has 1 aromatic carbocycles. The van der Waals surface area contributed by atoms with Gasteiger partial charge >= 0.3 is 0 Å². The molecular weight excluding hydrogens is 172 g/mol. The molecule has 1 aromatic rings. The third-order valence-electron chi connectivity index (χ3n) is 2.50. The van der Waals surface area contributed by atoms with Crippen LogP contribution in [0, 0.1) is 11.6 Å².